The summed E-state index contributed by atoms with van der Waals surface area (Å²) in [5, 5.41) is 8.75. The first-order valence-corrected chi connectivity index (χ1v) is 11.2. The highest BCUT2D eigenvalue weighted by Gasteiger charge is 2.02. The van der Waals surface area contributed by atoms with Gasteiger partial charge in [-0.05, 0) is 83.6 Å². The molecular weight excluding hydrogens is 420 g/mol. The largest absolute Gasteiger partial charge is 0.487 e. The Labute approximate surface area is 199 Å². The van der Waals surface area contributed by atoms with Gasteiger partial charge in [0.05, 0.1) is 17.1 Å². The molecule has 0 saturated carbocycles. The number of benzene rings is 2. The average molecular weight is 447 g/mol. The van der Waals surface area contributed by atoms with Crippen LogP contribution < -0.4 is 4.74 Å². The summed E-state index contributed by atoms with van der Waals surface area (Å²) in [6.07, 6.45) is 12.1. The molecule has 0 aliphatic heterocycles. The van der Waals surface area contributed by atoms with E-state index in [0.717, 1.165) is 39.5 Å². The molecule has 0 radical (unpaired) electrons. The zero-order valence-corrected chi connectivity index (χ0v) is 19.3. The summed E-state index contributed by atoms with van der Waals surface area (Å²) in [7, 11) is 2.06. The number of nitrogens with one attached hydrogen (secondary N) is 1. The summed E-state index contributed by atoms with van der Waals surface area (Å²) in [5.41, 5.74) is 7.39. The Hall–Kier alpha value is -4.38. The Morgan fingerprint density at radius 3 is 2.74 bits per heavy atom. The van der Waals surface area contributed by atoms with Gasteiger partial charge in [-0.15, -0.1) is 0 Å². The lowest BCUT2D eigenvalue weighted by molar-refractivity contribution is 0.301. The monoisotopic (exact) mass is 446 g/mol. The third kappa shape index (κ3) is 4.99. The van der Waals surface area contributed by atoms with Gasteiger partial charge in [0, 0.05) is 25.0 Å². The maximum absolute atomic E-state index is 5.87. The van der Waals surface area contributed by atoms with Crippen LogP contribution in [0.5, 0.6) is 5.75 Å². The molecule has 0 aliphatic rings. The Bertz CT molecular complexity index is 1470. The molecule has 1 N–H and O–H groups in total. The Morgan fingerprint density at radius 1 is 0.941 bits per heavy atom. The second-order valence-corrected chi connectivity index (χ2v) is 8.29. The number of fused-ring (bicyclic) bond motifs is 1. The number of nitrogens with zero attached hydrogens (tertiary/aromatic N) is 3. The fourth-order valence-corrected chi connectivity index (χ4v) is 3.83. The maximum atomic E-state index is 5.87. The zero-order valence-electron chi connectivity index (χ0n) is 19.3. The molecule has 0 unspecified atom stereocenters. The van der Waals surface area contributed by atoms with Crippen LogP contribution in [0.2, 0.25) is 0 Å². The molecule has 5 aromatic rings. The quantitative estimate of drug-likeness (QED) is 0.309. The van der Waals surface area contributed by atoms with Gasteiger partial charge in [-0.3, -0.25) is 10.1 Å². The highest BCUT2D eigenvalue weighted by Crippen LogP contribution is 2.21. The number of ether oxygens (including phenoxy) is 1. The van der Waals surface area contributed by atoms with Crippen LogP contribution in [0.25, 0.3) is 35.2 Å². The number of pyridine rings is 1. The van der Waals surface area contributed by atoms with E-state index in [-0.39, 0.29) is 0 Å². The normalized spacial score (nSPS) is 11.7. The average Bonchev–Trinajstić information content (AvgIpc) is 3.48. The lowest BCUT2D eigenvalue weighted by Gasteiger charge is -2.08. The van der Waals surface area contributed by atoms with Gasteiger partial charge in [0.25, 0.3) is 0 Å². The first-order chi connectivity index (χ1) is 16.6. The van der Waals surface area contributed by atoms with E-state index in [4.69, 9.17) is 4.74 Å². The Kier molecular flexibility index (Phi) is 6.08. The van der Waals surface area contributed by atoms with E-state index in [1.54, 1.807) is 6.20 Å². The Morgan fingerprint density at radius 2 is 1.88 bits per heavy atom. The van der Waals surface area contributed by atoms with Gasteiger partial charge < -0.3 is 9.30 Å². The molecular formula is C29H26N4O. The summed E-state index contributed by atoms with van der Waals surface area (Å²) in [6.45, 7) is 2.54. The lowest BCUT2D eigenvalue weighted by atomic mass is 10.1. The van der Waals surface area contributed by atoms with Crippen molar-refractivity contribution >= 4 is 35.2 Å². The SMILES string of the molecule is Cc1cc(OCc2ccccn2)ccc1/C=C/c1cc(C=Cc2ccc3ccn(C)c3c2)[nH]n1. The molecule has 0 fully saturated rings. The number of hydrogen-bond acceptors (Lipinski definition) is 3. The molecule has 0 aliphatic carbocycles. The fourth-order valence-electron chi connectivity index (χ4n) is 3.83. The van der Waals surface area contributed by atoms with Crippen LogP contribution >= 0.6 is 0 Å². The van der Waals surface area contributed by atoms with Crippen LogP contribution in [0.3, 0.4) is 0 Å². The molecule has 168 valence electrons. The summed E-state index contributed by atoms with van der Waals surface area (Å²) in [5.74, 6) is 0.834. The first kappa shape index (κ1) is 21.5. The van der Waals surface area contributed by atoms with Crippen LogP contribution in [0.1, 0.15) is 33.8 Å². The third-order valence-corrected chi connectivity index (χ3v) is 5.77. The number of aryl methyl sites for hydroxylation is 2. The van der Waals surface area contributed by atoms with Crippen molar-refractivity contribution in [2.24, 2.45) is 7.05 Å². The molecule has 0 saturated heterocycles. The minimum atomic E-state index is 0.456. The molecule has 0 bridgehead atoms. The minimum Gasteiger partial charge on any atom is -0.487 e. The molecule has 5 rings (SSSR count). The van der Waals surface area contributed by atoms with Gasteiger partial charge in [0.1, 0.15) is 12.4 Å². The number of hydrogen-bond donors (Lipinski definition) is 1. The summed E-state index contributed by atoms with van der Waals surface area (Å²) < 4.78 is 8.00. The van der Waals surface area contributed by atoms with Crippen LogP contribution in [-0.2, 0) is 13.7 Å². The van der Waals surface area contributed by atoms with Crippen LogP contribution in [0, 0.1) is 6.92 Å². The van der Waals surface area contributed by atoms with Crippen molar-refractivity contribution in [3.8, 4) is 5.75 Å². The van der Waals surface area contributed by atoms with Gasteiger partial charge >= 0.3 is 0 Å². The standard InChI is InChI=1S/C29H26N4O/c1-21-17-28(34-20-27-5-3-4-15-30-27)13-10-23(21)9-12-26-19-25(31-32-26)11-7-22-6-8-24-14-16-33(2)29(24)18-22/h3-19H,20H2,1-2H3,(H,31,32)/b11-7?,12-9+. The van der Waals surface area contributed by atoms with Crippen molar-refractivity contribution in [2.75, 3.05) is 0 Å². The van der Waals surface area contributed by atoms with Crippen LogP contribution in [0.4, 0.5) is 0 Å². The summed E-state index contributed by atoms with van der Waals surface area (Å²) >= 11 is 0. The number of aromatic nitrogens is 4. The van der Waals surface area contributed by atoms with E-state index in [9.17, 15) is 0 Å². The van der Waals surface area contributed by atoms with E-state index in [1.165, 1.54) is 10.9 Å². The maximum Gasteiger partial charge on any atom is 0.130 e. The fraction of sp³-hybridized carbons (Fsp3) is 0.103. The number of H-pyrrole nitrogens is 1. The molecule has 0 spiro atoms. The molecule has 0 amide bonds. The van der Waals surface area contributed by atoms with Crippen molar-refractivity contribution < 1.29 is 4.74 Å². The molecule has 34 heavy (non-hydrogen) atoms. The van der Waals surface area contributed by atoms with E-state index in [2.05, 4.69) is 82.4 Å². The predicted octanol–water partition coefficient (Wildman–Crippen LogP) is 6.52. The van der Waals surface area contributed by atoms with E-state index in [0.29, 0.717) is 6.61 Å². The van der Waals surface area contributed by atoms with E-state index in [1.807, 2.05) is 48.6 Å². The first-order valence-electron chi connectivity index (χ1n) is 11.2. The summed E-state index contributed by atoms with van der Waals surface area (Å²) in [6, 6.07) is 22.5. The van der Waals surface area contributed by atoms with Crippen LogP contribution in [0.15, 0.2) is 79.1 Å². The lowest BCUT2D eigenvalue weighted by Crippen LogP contribution is -1.97. The van der Waals surface area contributed by atoms with Gasteiger partial charge in [0.15, 0.2) is 0 Å². The van der Waals surface area contributed by atoms with Crippen LogP contribution in [-0.4, -0.2) is 19.7 Å². The van der Waals surface area contributed by atoms with Crippen molar-refractivity contribution in [1.82, 2.24) is 19.7 Å². The molecule has 5 heteroatoms. The second-order valence-electron chi connectivity index (χ2n) is 8.29. The van der Waals surface area contributed by atoms with Gasteiger partial charge in [0.2, 0.25) is 0 Å². The highest BCUT2D eigenvalue weighted by atomic mass is 16.5. The van der Waals surface area contributed by atoms with Gasteiger partial charge in [-0.2, -0.15) is 5.10 Å². The van der Waals surface area contributed by atoms with E-state index < -0.39 is 0 Å². The second kappa shape index (κ2) is 9.63. The van der Waals surface area contributed by atoms with Gasteiger partial charge in [-0.25, -0.2) is 0 Å². The third-order valence-electron chi connectivity index (χ3n) is 5.77. The Balaban J connectivity index is 1.23. The van der Waals surface area contributed by atoms with E-state index >= 15 is 0 Å². The topological polar surface area (TPSA) is 55.7 Å². The minimum absolute atomic E-state index is 0.456. The molecule has 3 aromatic heterocycles. The van der Waals surface area contributed by atoms with Crippen molar-refractivity contribution in [3.05, 3.63) is 113 Å². The molecule has 2 aromatic carbocycles. The van der Waals surface area contributed by atoms with Crippen molar-refractivity contribution in [3.63, 3.8) is 0 Å². The van der Waals surface area contributed by atoms with Crippen molar-refractivity contribution in [2.45, 2.75) is 13.5 Å². The van der Waals surface area contributed by atoms with Crippen molar-refractivity contribution in [1.29, 1.82) is 0 Å². The highest BCUT2D eigenvalue weighted by molar-refractivity contribution is 5.84. The number of aromatic amines is 1. The number of rotatable bonds is 7. The molecule has 0 atom stereocenters. The zero-order chi connectivity index (χ0) is 23.3. The predicted molar refractivity (Wildman–Crippen MR) is 139 cm³/mol. The molecule has 5 nitrogen and oxygen atoms in total. The molecule has 3 heterocycles. The smallest absolute Gasteiger partial charge is 0.130 e. The van der Waals surface area contributed by atoms with Gasteiger partial charge in [-0.1, -0.05) is 36.4 Å². The summed E-state index contributed by atoms with van der Waals surface area (Å²) in [4.78, 5) is 4.29.